The lowest BCUT2D eigenvalue weighted by molar-refractivity contribution is -0.138. The third kappa shape index (κ3) is 10.4. The number of aryl methyl sites for hydroxylation is 1. The van der Waals surface area contributed by atoms with Gasteiger partial charge in [0.2, 0.25) is 5.91 Å². The second kappa shape index (κ2) is 17.5. The first-order valence-corrected chi connectivity index (χ1v) is 17.1. The molecule has 1 aliphatic heterocycles. The molecule has 3 aromatic rings. The van der Waals surface area contributed by atoms with E-state index in [1.807, 2.05) is 43.3 Å². The molecular formula is C38H50ClN3O5. The highest BCUT2D eigenvalue weighted by Crippen LogP contribution is 2.45. The first-order valence-electron chi connectivity index (χ1n) is 16.7. The lowest BCUT2D eigenvalue weighted by Gasteiger charge is -2.31. The number of hydrogen-bond donors (Lipinski definition) is 2. The molecule has 2 atom stereocenters. The van der Waals surface area contributed by atoms with Gasteiger partial charge >= 0.3 is 0 Å². The molecule has 1 heterocycles. The second-order valence-electron chi connectivity index (χ2n) is 13.2. The number of halogens is 1. The topological polar surface area (TPSA) is 89.1 Å². The average Bonchev–Trinajstić information content (AvgIpc) is 3.15. The number of carbonyl (C=O) groups excluding carboxylic acids is 2. The third-order valence-corrected chi connectivity index (χ3v) is 8.13. The molecule has 2 N–H and O–H groups in total. The normalized spacial score (nSPS) is 16.4. The summed E-state index contributed by atoms with van der Waals surface area (Å²) in [5.41, 5.74) is 3.24. The Kier molecular flexibility index (Phi) is 13.5. The van der Waals surface area contributed by atoms with Gasteiger partial charge in [-0.05, 0) is 74.0 Å². The van der Waals surface area contributed by atoms with Crippen molar-refractivity contribution in [3.05, 3.63) is 88.4 Å². The number of nitrogens with one attached hydrogen (secondary N) is 2. The van der Waals surface area contributed by atoms with Gasteiger partial charge in [0.15, 0.2) is 11.5 Å². The molecule has 254 valence electrons. The van der Waals surface area contributed by atoms with Gasteiger partial charge in [-0.1, -0.05) is 81.8 Å². The summed E-state index contributed by atoms with van der Waals surface area (Å²) in [7, 11) is 1.60. The molecule has 8 nitrogen and oxygen atoms in total. The van der Waals surface area contributed by atoms with Crippen LogP contribution in [0.2, 0.25) is 5.02 Å². The van der Waals surface area contributed by atoms with Crippen LogP contribution in [-0.2, 0) is 20.7 Å². The van der Waals surface area contributed by atoms with Gasteiger partial charge in [-0.3, -0.25) is 9.59 Å². The van der Waals surface area contributed by atoms with Crippen LogP contribution < -0.4 is 25.0 Å². The molecule has 0 fully saturated rings. The number of para-hydroxylation sites is 1. The molecule has 0 aliphatic carbocycles. The Balaban J connectivity index is 1.54. The van der Waals surface area contributed by atoms with Crippen molar-refractivity contribution >= 4 is 29.1 Å². The van der Waals surface area contributed by atoms with Gasteiger partial charge in [-0.25, -0.2) is 0 Å². The Morgan fingerprint density at radius 2 is 1.74 bits per heavy atom. The van der Waals surface area contributed by atoms with Gasteiger partial charge in [-0.15, -0.1) is 0 Å². The van der Waals surface area contributed by atoms with Gasteiger partial charge in [0.1, 0.15) is 12.2 Å². The fraction of sp³-hybridized carbons (Fsp3) is 0.474. The lowest BCUT2D eigenvalue weighted by atomic mass is 9.94. The van der Waals surface area contributed by atoms with Crippen LogP contribution in [-0.4, -0.2) is 57.8 Å². The van der Waals surface area contributed by atoms with Crippen LogP contribution in [0.25, 0.3) is 0 Å². The van der Waals surface area contributed by atoms with Crippen molar-refractivity contribution in [3.63, 3.8) is 0 Å². The van der Waals surface area contributed by atoms with E-state index in [9.17, 15) is 9.59 Å². The molecule has 2 unspecified atom stereocenters. The van der Waals surface area contributed by atoms with Crippen molar-refractivity contribution in [1.29, 1.82) is 0 Å². The number of methoxy groups -OCH3 is 1. The van der Waals surface area contributed by atoms with Crippen molar-refractivity contribution in [1.82, 2.24) is 10.6 Å². The highest BCUT2D eigenvalue weighted by molar-refractivity contribution is 6.30. The van der Waals surface area contributed by atoms with E-state index in [0.29, 0.717) is 47.5 Å². The van der Waals surface area contributed by atoms with E-state index in [2.05, 4.69) is 55.7 Å². The zero-order valence-electron chi connectivity index (χ0n) is 28.4. The predicted octanol–water partition coefficient (Wildman–Crippen LogP) is 7.12. The zero-order chi connectivity index (χ0) is 33.8. The fourth-order valence-electron chi connectivity index (χ4n) is 5.73. The van der Waals surface area contributed by atoms with E-state index in [-0.39, 0.29) is 23.7 Å². The Morgan fingerprint density at radius 3 is 2.47 bits per heavy atom. The monoisotopic (exact) mass is 663 g/mol. The van der Waals surface area contributed by atoms with Crippen molar-refractivity contribution < 1.29 is 23.8 Å². The summed E-state index contributed by atoms with van der Waals surface area (Å²) in [6.07, 6.45) is 1.87. The van der Waals surface area contributed by atoms with Crippen LogP contribution in [0.5, 0.6) is 11.5 Å². The van der Waals surface area contributed by atoms with E-state index in [1.54, 1.807) is 18.1 Å². The number of rotatable bonds is 16. The summed E-state index contributed by atoms with van der Waals surface area (Å²) in [4.78, 5) is 28.8. The van der Waals surface area contributed by atoms with Crippen molar-refractivity contribution in [2.75, 3.05) is 44.8 Å². The molecule has 0 saturated heterocycles. The number of ether oxygens (including phenoxy) is 3. The average molecular weight is 664 g/mol. The second-order valence-corrected chi connectivity index (χ2v) is 13.6. The van der Waals surface area contributed by atoms with Crippen LogP contribution in [0.1, 0.15) is 76.2 Å². The molecule has 1 aliphatic rings. The summed E-state index contributed by atoms with van der Waals surface area (Å²) >= 11 is 6.56. The minimum atomic E-state index is -1.02. The summed E-state index contributed by atoms with van der Waals surface area (Å²) < 4.78 is 18.8. The van der Waals surface area contributed by atoms with Crippen LogP contribution in [0, 0.1) is 5.41 Å². The van der Waals surface area contributed by atoms with Crippen LogP contribution in [0.15, 0.2) is 66.7 Å². The maximum Gasteiger partial charge on any atom is 0.256 e. The molecule has 0 radical (unpaired) electrons. The maximum absolute atomic E-state index is 14.1. The highest BCUT2D eigenvalue weighted by Gasteiger charge is 2.40. The van der Waals surface area contributed by atoms with E-state index in [0.717, 1.165) is 44.3 Å². The van der Waals surface area contributed by atoms with Gasteiger partial charge < -0.3 is 29.7 Å². The molecule has 47 heavy (non-hydrogen) atoms. The van der Waals surface area contributed by atoms with Gasteiger partial charge in [0.05, 0.1) is 20.1 Å². The zero-order valence-corrected chi connectivity index (χ0v) is 29.2. The molecule has 2 amide bonds. The molecule has 0 saturated carbocycles. The molecule has 0 bridgehead atoms. The predicted molar refractivity (Wildman–Crippen MR) is 189 cm³/mol. The number of hydrogen-bond acceptors (Lipinski definition) is 6. The molecule has 0 spiro atoms. The van der Waals surface area contributed by atoms with E-state index in [4.69, 9.17) is 25.8 Å². The summed E-state index contributed by atoms with van der Waals surface area (Å²) in [6, 6.07) is 21.7. The number of benzene rings is 3. The fourth-order valence-corrected chi connectivity index (χ4v) is 5.91. The van der Waals surface area contributed by atoms with E-state index in [1.165, 1.54) is 5.56 Å². The largest absolute Gasteiger partial charge is 0.492 e. The molecule has 9 heteroatoms. The van der Waals surface area contributed by atoms with Gasteiger partial charge in [0, 0.05) is 34.9 Å². The number of carbonyl (C=O) groups is 2. The Bertz CT molecular complexity index is 1460. The number of nitrogens with zero attached hydrogens (tertiary/aromatic N) is 1. The minimum Gasteiger partial charge on any atom is -0.492 e. The molecule has 3 aromatic carbocycles. The molecular weight excluding hydrogens is 614 g/mol. The van der Waals surface area contributed by atoms with E-state index >= 15 is 0 Å². The van der Waals surface area contributed by atoms with Crippen LogP contribution >= 0.6 is 11.6 Å². The summed E-state index contributed by atoms with van der Waals surface area (Å²) in [5, 5.41) is 6.91. The van der Waals surface area contributed by atoms with Crippen molar-refractivity contribution in [3.8, 4) is 11.5 Å². The number of fused-ring (bicyclic) bond motifs is 1. The first-order chi connectivity index (χ1) is 22.6. The smallest absolute Gasteiger partial charge is 0.256 e. The Morgan fingerprint density at radius 1 is 0.979 bits per heavy atom. The standard InChI is InChI=1S/C38H50ClN3O5/c1-6-20-41-34(43)25-33-37(44)42(26-38(2,3)4)31-19-18-28(39)24-30(31)35(47-33)29-16-10-17-32(36(29)45-5)46-23-12-22-40-21-11-15-27-13-8-7-9-14-27/h7-10,13-14,16-19,24,33,35,40H,6,11-12,15,20-23,25-26H2,1-5H3,(H,41,43). The van der Waals surface area contributed by atoms with Crippen molar-refractivity contribution in [2.24, 2.45) is 5.41 Å². The van der Waals surface area contributed by atoms with Crippen LogP contribution in [0.3, 0.4) is 0 Å². The minimum absolute atomic E-state index is 0.103. The third-order valence-electron chi connectivity index (χ3n) is 7.89. The SMILES string of the molecule is CCCNC(=O)CC1OC(c2cccc(OCCCNCCCc3ccccc3)c2OC)c2cc(Cl)ccc2N(CC(C)(C)C)C1=O. The van der Waals surface area contributed by atoms with Gasteiger partial charge in [0.25, 0.3) is 5.91 Å². The highest BCUT2D eigenvalue weighted by atomic mass is 35.5. The van der Waals surface area contributed by atoms with Gasteiger partial charge in [-0.2, -0.15) is 0 Å². The summed E-state index contributed by atoms with van der Waals surface area (Å²) in [6.45, 7) is 11.5. The van der Waals surface area contributed by atoms with Crippen molar-refractivity contribution in [2.45, 2.75) is 72.0 Å². The molecule has 0 aromatic heterocycles. The first kappa shape index (κ1) is 36.2. The van der Waals surface area contributed by atoms with E-state index < -0.39 is 12.2 Å². The Hall–Kier alpha value is -3.59. The lowest BCUT2D eigenvalue weighted by Crippen LogP contribution is -2.45. The Labute approximate surface area is 285 Å². The number of amides is 2. The van der Waals surface area contributed by atoms with Crippen LogP contribution in [0.4, 0.5) is 5.69 Å². The quantitative estimate of drug-likeness (QED) is 0.159. The summed E-state index contributed by atoms with van der Waals surface area (Å²) in [5.74, 6) is 0.604. The molecule has 4 rings (SSSR count). The number of anilines is 1. The maximum atomic E-state index is 14.1.